The standard InChI is InChI=1S/C13H22N2O2/c1-6-7-8-14-12(16)10-9(2)17-15-11(10)13(3,4)5/h6-8H2,1-5H3,(H,14,16). The molecule has 1 amide bonds. The fourth-order valence-electron chi connectivity index (χ4n) is 1.62. The van der Waals surface area contributed by atoms with Gasteiger partial charge in [0.1, 0.15) is 17.0 Å². The highest BCUT2D eigenvalue weighted by Gasteiger charge is 2.28. The molecule has 4 nitrogen and oxygen atoms in total. The van der Waals surface area contributed by atoms with E-state index in [1.165, 1.54) is 0 Å². The Morgan fingerprint density at radius 3 is 2.59 bits per heavy atom. The first-order valence-electron chi connectivity index (χ1n) is 6.13. The second-order valence-corrected chi connectivity index (χ2v) is 5.32. The molecule has 0 atom stereocenters. The molecular weight excluding hydrogens is 216 g/mol. The van der Waals surface area contributed by atoms with Gasteiger partial charge in [-0.05, 0) is 13.3 Å². The van der Waals surface area contributed by atoms with E-state index in [0.29, 0.717) is 17.9 Å². The Labute approximate surface area is 103 Å². The van der Waals surface area contributed by atoms with E-state index >= 15 is 0 Å². The summed E-state index contributed by atoms with van der Waals surface area (Å²) in [6.07, 6.45) is 2.05. The number of unbranched alkanes of at least 4 members (excludes halogenated alkanes) is 1. The summed E-state index contributed by atoms with van der Waals surface area (Å²) in [6.45, 7) is 10.6. The minimum Gasteiger partial charge on any atom is -0.361 e. The molecule has 0 radical (unpaired) electrons. The summed E-state index contributed by atoms with van der Waals surface area (Å²) in [4.78, 5) is 12.1. The molecule has 1 N–H and O–H groups in total. The van der Waals surface area contributed by atoms with Crippen LogP contribution in [0.3, 0.4) is 0 Å². The molecule has 1 heterocycles. The van der Waals surface area contributed by atoms with E-state index in [4.69, 9.17) is 4.52 Å². The first-order chi connectivity index (χ1) is 7.88. The van der Waals surface area contributed by atoms with Crippen molar-refractivity contribution < 1.29 is 9.32 Å². The van der Waals surface area contributed by atoms with Crippen molar-refractivity contribution in [2.45, 2.75) is 52.9 Å². The SMILES string of the molecule is CCCCNC(=O)c1c(C(C)(C)C)noc1C. The number of aryl methyl sites for hydroxylation is 1. The summed E-state index contributed by atoms with van der Waals surface area (Å²) in [5.74, 6) is 0.506. The van der Waals surface area contributed by atoms with Crippen LogP contribution in [0.15, 0.2) is 4.52 Å². The smallest absolute Gasteiger partial charge is 0.256 e. The average molecular weight is 238 g/mol. The zero-order valence-electron chi connectivity index (χ0n) is 11.4. The van der Waals surface area contributed by atoms with Crippen LogP contribution in [-0.4, -0.2) is 17.6 Å². The topological polar surface area (TPSA) is 55.1 Å². The van der Waals surface area contributed by atoms with E-state index in [1.807, 2.05) is 20.8 Å². The summed E-state index contributed by atoms with van der Waals surface area (Å²) in [5.41, 5.74) is 1.13. The second kappa shape index (κ2) is 5.34. The molecule has 0 spiro atoms. The minimum absolute atomic E-state index is 0.0814. The average Bonchev–Trinajstić information content (AvgIpc) is 2.60. The maximum atomic E-state index is 12.1. The summed E-state index contributed by atoms with van der Waals surface area (Å²) < 4.78 is 5.14. The van der Waals surface area contributed by atoms with Gasteiger partial charge in [0, 0.05) is 12.0 Å². The van der Waals surface area contributed by atoms with E-state index in [0.717, 1.165) is 18.5 Å². The lowest BCUT2D eigenvalue weighted by atomic mass is 9.88. The van der Waals surface area contributed by atoms with Crippen molar-refractivity contribution in [1.82, 2.24) is 10.5 Å². The largest absolute Gasteiger partial charge is 0.361 e. The monoisotopic (exact) mass is 238 g/mol. The number of carbonyl (C=O) groups is 1. The number of amides is 1. The fraction of sp³-hybridized carbons (Fsp3) is 0.692. The maximum Gasteiger partial charge on any atom is 0.256 e. The number of nitrogens with zero attached hydrogens (tertiary/aromatic N) is 1. The molecule has 1 rings (SSSR count). The molecule has 0 aliphatic carbocycles. The zero-order valence-corrected chi connectivity index (χ0v) is 11.4. The zero-order chi connectivity index (χ0) is 13.1. The molecule has 17 heavy (non-hydrogen) atoms. The molecular formula is C13H22N2O2. The van der Waals surface area contributed by atoms with E-state index < -0.39 is 0 Å². The third kappa shape index (κ3) is 3.32. The molecule has 0 aliphatic heterocycles. The van der Waals surface area contributed by atoms with Crippen LogP contribution in [0.25, 0.3) is 0 Å². The maximum absolute atomic E-state index is 12.1. The van der Waals surface area contributed by atoms with E-state index in [-0.39, 0.29) is 11.3 Å². The first kappa shape index (κ1) is 13.7. The van der Waals surface area contributed by atoms with Gasteiger partial charge in [0.2, 0.25) is 0 Å². The molecule has 1 aromatic rings. The summed E-state index contributed by atoms with van der Waals surface area (Å²) in [6, 6.07) is 0. The normalized spacial score (nSPS) is 11.6. The van der Waals surface area contributed by atoms with Crippen molar-refractivity contribution in [3.63, 3.8) is 0 Å². The van der Waals surface area contributed by atoms with Gasteiger partial charge in [0.15, 0.2) is 0 Å². The highest BCUT2D eigenvalue weighted by molar-refractivity contribution is 5.96. The van der Waals surface area contributed by atoms with E-state index in [9.17, 15) is 4.79 Å². The fourth-order valence-corrected chi connectivity index (χ4v) is 1.62. The third-order valence-electron chi connectivity index (χ3n) is 2.62. The van der Waals surface area contributed by atoms with Crippen molar-refractivity contribution in [3.05, 3.63) is 17.0 Å². The molecule has 0 bridgehead atoms. The molecule has 0 aromatic carbocycles. The van der Waals surface area contributed by atoms with Gasteiger partial charge in [-0.25, -0.2) is 0 Å². The van der Waals surface area contributed by atoms with Crippen molar-refractivity contribution >= 4 is 5.91 Å². The van der Waals surface area contributed by atoms with Gasteiger partial charge < -0.3 is 9.84 Å². The summed E-state index contributed by atoms with van der Waals surface area (Å²) >= 11 is 0. The first-order valence-corrected chi connectivity index (χ1v) is 6.13. The van der Waals surface area contributed by atoms with Gasteiger partial charge in [0.05, 0.1) is 0 Å². The van der Waals surface area contributed by atoms with Crippen LogP contribution >= 0.6 is 0 Å². The van der Waals surface area contributed by atoms with Crippen LogP contribution in [0.5, 0.6) is 0 Å². The number of hydrogen-bond donors (Lipinski definition) is 1. The lowest BCUT2D eigenvalue weighted by molar-refractivity contribution is 0.0949. The Bertz CT molecular complexity index is 389. The van der Waals surface area contributed by atoms with Gasteiger partial charge in [-0.3, -0.25) is 4.79 Å². The number of rotatable bonds is 4. The lowest BCUT2D eigenvalue weighted by Crippen LogP contribution is -2.28. The predicted molar refractivity (Wildman–Crippen MR) is 67.2 cm³/mol. The van der Waals surface area contributed by atoms with E-state index in [2.05, 4.69) is 17.4 Å². The number of nitrogens with one attached hydrogen (secondary N) is 1. The van der Waals surface area contributed by atoms with Crippen molar-refractivity contribution in [2.24, 2.45) is 0 Å². The molecule has 0 unspecified atom stereocenters. The van der Waals surface area contributed by atoms with Gasteiger partial charge in [-0.1, -0.05) is 39.3 Å². The van der Waals surface area contributed by atoms with Crippen molar-refractivity contribution in [2.75, 3.05) is 6.54 Å². The predicted octanol–water partition coefficient (Wildman–Crippen LogP) is 2.81. The number of hydrogen-bond acceptors (Lipinski definition) is 3. The van der Waals surface area contributed by atoms with Gasteiger partial charge in [0.25, 0.3) is 5.91 Å². The van der Waals surface area contributed by atoms with Crippen LogP contribution in [0.1, 0.15) is 62.3 Å². The third-order valence-corrected chi connectivity index (χ3v) is 2.62. The van der Waals surface area contributed by atoms with Crippen LogP contribution in [0, 0.1) is 6.92 Å². The molecule has 4 heteroatoms. The van der Waals surface area contributed by atoms with Crippen LogP contribution in [-0.2, 0) is 5.41 Å². The van der Waals surface area contributed by atoms with Gasteiger partial charge in [-0.15, -0.1) is 0 Å². The lowest BCUT2D eigenvalue weighted by Gasteiger charge is -2.16. The Morgan fingerprint density at radius 1 is 1.41 bits per heavy atom. The highest BCUT2D eigenvalue weighted by atomic mass is 16.5. The van der Waals surface area contributed by atoms with Gasteiger partial charge >= 0.3 is 0 Å². The molecule has 0 saturated carbocycles. The summed E-state index contributed by atoms with van der Waals surface area (Å²) in [7, 11) is 0. The van der Waals surface area contributed by atoms with E-state index in [1.54, 1.807) is 6.92 Å². The molecule has 0 fully saturated rings. The van der Waals surface area contributed by atoms with Crippen LogP contribution < -0.4 is 5.32 Å². The summed E-state index contributed by atoms with van der Waals surface area (Å²) in [5, 5.41) is 6.90. The Kier molecular flexibility index (Phi) is 4.32. The molecule has 1 aromatic heterocycles. The Morgan fingerprint density at radius 2 is 2.06 bits per heavy atom. The highest BCUT2D eigenvalue weighted by Crippen LogP contribution is 2.26. The second-order valence-electron chi connectivity index (χ2n) is 5.32. The number of carbonyl (C=O) groups excluding carboxylic acids is 1. The Hall–Kier alpha value is -1.32. The minimum atomic E-state index is -0.185. The Balaban J connectivity index is 2.89. The van der Waals surface area contributed by atoms with Crippen LogP contribution in [0.2, 0.25) is 0 Å². The van der Waals surface area contributed by atoms with Crippen molar-refractivity contribution in [1.29, 1.82) is 0 Å². The number of aromatic nitrogens is 1. The van der Waals surface area contributed by atoms with Crippen molar-refractivity contribution in [3.8, 4) is 0 Å². The molecule has 0 saturated heterocycles. The van der Waals surface area contributed by atoms with Gasteiger partial charge in [-0.2, -0.15) is 0 Å². The molecule has 96 valence electrons. The quantitative estimate of drug-likeness (QED) is 0.821. The van der Waals surface area contributed by atoms with Crippen LogP contribution in [0.4, 0.5) is 0 Å². The molecule has 0 aliphatic rings.